The molecule has 1 unspecified atom stereocenters. The monoisotopic (exact) mass is 417 g/mol. The molecule has 0 radical (unpaired) electrons. The molecule has 8 heteroatoms. The number of methoxy groups -OCH3 is 1. The van der Waals surface area contributed by atoms with E-state index in [-0.39, 0.29) is 17.9 Å². The molecule has 158 valence electrons. The summed E-state index contributed by atoms with van der Waals surface area (Å²) in [6.07, 6.45) is 0.00443. The van der Waals surface area contributed by atoms with Gasteiger partial charge in [-0.3, -0.25) is 9.79 Å². The number of guanidine groups is 1. The maximum absolute atomic E-state index is 11.8. The number of thiazole rings is 1. The summed E-state index contributed by atoms with van der Waals surface area (Å²) in [6, 6.07) is 7.82. The van der Waals surface area contributed by atoms with Crippen molar-refractivity contribution in [3.8, 4) is 0 Å². The van der Waals surface area contributed by atoms with Crippen LogP contribution < -0.4 is 10.6 Å². The van der Waals surface area contributed by atoms with E-state index in [9.17, 15) is 4.79 Å². The molecule has 0 aliphatic heterocycles. The first-order valence-corrected chi connectivity index (χ1v) is 10.5. The van der Waals surface area contributed by atoms with Gasteiger partial charge in [0.15, 0.2) is 5.96 Å². The lowest BCUT2D eigenvalue weighted by Gasteiger charge is -2.21. The zero-order chi connectivity index (χ0) is 21.4. The summed E-state index contributed by atoms with van der Waals surface area (Å²) in [6.45, 7) is 7.04. The molecule has 0 aliphatic rings. The molecule has 2 rings (SSSR count). The fraction of sp³-hybridized carbons (Fsp3) is 0.476. The van der Waals surface area contributed by atoms with Crippen molar-refractivity contribution in [2.45, 2.75) is 40.0 Å². The second-order valence-electron chi connectivity index (χ2n) is 7.15. The van der Waals surface area contributed by atoms with Crippen LogP contribution in [-0.2, 0) is 22.6 Å². The predicted octanol–water partition coefficient (Wildman–Crippen LogP) is 3.65. The largest absolute Gasteiger partial charge is 0.375 e. The maximum atomic E-state index is 11.8. The van der Waals surface area contributed by atoms with Crippen LogP contribution in [0.4, 0.5) is 5.69 Å². The van der Waals surface area contributed by atoms with Crippen LogP contribution in [0.5, 0.6) is 0 Å². The Morgan fingerprint density at radius 3 is 2.55 bits per heavy atom. The first kappa shape index (κ1) is 22.8. The summed E-state index contributed by atoms with van der Waals surface area (Å²) in [7, 11) is 5.44. The first-order valence-electron chi connectivity index (χ1n) is 9.62. The summed E-state index contributed by atoms with van der Waals surface area (Å²) in [5.41, 5.74) is 2.90. The number of aromatic nitrogens is 1. The molecule has 0 fully saturated rings. The average Bonchev–Trinajstić information content (AvgIpc) is 3.17. The number of nitrogens with zero attached hydrogens (tertiary/aromatic N) is 3. The number of hydrogen-bond acceptors (Lipinski definition) is 5. The summed E-state index contributed by atoms with van der Waals surface area (Å²) in [5.74, 6) is 0.765. The average molecular weight is 418 g/mol. The lowest BCUT2D eigenvalue weighted by molar-refractivity contribution is -0.118. The molecule has 0 bridgehead atoms. The Kier molecular flexibility index (Phi) is 8.60. The number of anilines is 1. The third-order valence-corrected chi connectivity index (χ3v) is 5.49. The van der Waals surface area contributed by atoms with Gasteiger partial charge in [0, 0.05) is 44.7 Å². The fourth-order valence-electron chi connectivity index (χ4n) is 2.56. The number of carbonyl (C=O) groups is 1. The van der Waals surface area contributed by atoms with Gasteiger partial charge in [-0.05, 0) is 24.6 Å². The Balaban J connectivity index is 1.89. The van der Waals surface area contributed by atoms with Gasteiger partial charge in [-0.1, -0.05) is 26.0 Å². The minimum atomic E-state index is -0.0401. The van der Waals surface area contributed by atoms with Crippen molar-refractivity contribution in [2.75, 3.05) is 26.5 Å². The van der Waals surface area contributed by atoms with Gasteiger partial charge in [0.25, 0.3) is 0 Å². The molecule has 1 atom stereocenters. The minimum absolute atomic E-state index is 0.00443. The van der Waals surface area contributed by atoms with Crippen LogP contribution in [0.1, 0.15) is 43.1 Å². The van der Waals surface area contributed by atoms with Gasteiger partial charge in [-0.25, -0.2) is 4.98 Å². The van der Waals surface area contributed by atoms with Crippen LogP contribution in [0.25, 0.3) is 0 Å². The highest BCUT2D eigenvalue weighted by Gasteiger charge is 2.13. The standard InChI is InChI=1S/C21H31N5O2S/c1-14(2)19(27)24-17-9-7-16(8-10-17)11-23-21(22-4)26(5)12-18-13-29-20(25-18)15(3)28-6/h7-10,13-15H,11-12H2,1-6H3,(H,22,23)(H,24,27). The normalized spacial score (nSPS) is 12.7. The first-order chi connectivity index (χ1) is 13.8. The molecule has 2 N–H and O–H groups in total. The summed E-state index contributed by atoms with van der Waals surface area (Å²) in [4.78, 5) is 22.8. The molecular weight excluding hydrogens is 386 g/mol. The molecule has 7 nitrogen and oxygen atoms in total. The number of aliphatic imine (C=N–C) groups is 1. The van der Waals surface area contributed by atoms with Gasteiger partial charge in [0.1, 0.15) is 11.1 Å². The molecule has 1 aromatic heterocycles. The number of rotatable bonds is 8. The predicted molar refractivity (Wildman–Crippen MR) is 119 cm³/mol. The van der Waals surface area contributed by atoms with Gasteiger partial charge in [-0.15, -0.1) is 11.3 Å². The third kappa shape index (κ3) is 6.83. The van der Waals surface area contributed by atoms with Crippen molar-refractivity contribution in [3.05, 3.63) is 45.9 Å². The number of amides is 1. The van der Waals surface area contributed by atoms with E-state index in [2.05, 4.69) is 26.0 Å². The second-order valence-corrected chi connectivity index (χ2v) is 8.04. The van der Waals surface area contributed by atoms with Crippen molar-refractivity contribution < 1.29 is 9.53 Å². The van der Waals surface area contributed by atoms with E-state index in [0.29, 0.717) is 13.1 Å². The molecule has 0 aliphatic carbocycles. The van der Waals surface area contributed by atoms with Gasteiger partial charge < -0.3 is 20.3 Å². The van der Waals surface area contributed by atoms with E-state index < -0.39 is 0 Å². The third-order valence-electron chi connectivity index (χ3n) is 4.44. The lowest BCUT2D eigenvalue weighted by Crippen LogP contribution is -2.38. The summed E-state index contributed by atoms with van der Waals surface area (Å²) < 4.78 is 5.33. The number of ether oxygens (including phenoxy) is 1. The Labute approximate surface area is 177 Å². The van der Waals surface area contributed by atoms with E-state index in [1.807, 2.05) is 57.0 Å². The molecule has 0 saturated heterocycles. The van der Waals surface area contributed by atoms with Crippen molar-refractivity contribution in [1.29, 1.82) is 0 Å². The van der Waals surface area contributed by atoms with Gasteiger partial charge in [-0.2, -0.15) is 0 Å². The second kappa shape index (κ2) is 10.9. The van der Waals surface area contributed by atoms with Crippen molar-refractivity contribution in [2.24, 2.45) is 10.9 Å². The SMILES string of the molecule is CN=C(NCc1ccc(NC(=O)C(C)C)cc1)N(C)Cc1csc(C(C)OC)n1. The highest BCUT2D eigenvalue weighted by Crippen LogP contribution is 2.21. The van der Waals surface area contributed by atoms with Crippen LogP contribution in [0, 0.1) is 5.92 Å². The Bertz CT molecular complexity index is 817. The summed E-state index contributed by atoms with van der Waals surface area (Å²) in [5, 5.41) is 9.29. The molecular formula is C21H31N5O2S. The zero-order valence-electron chi connectivity index (χ0n) is 18.0. The van der Waals surface area contributed by atoms with E-state index in [0.717, 1.165) is 27.9 Å². The number of nitrogens with one attached hydrogen (secondary N) is 2. The molecule has 1 heterocycles. The lowest BCUT2D eigenvalue weighted by atomic mass is 10.1. The van der Waals surface area contributed by atoms with Crippen LogP contribution >= 0.6 is 11.3 Å². The topological polar surface area (TPSA) is 78.9 Å². The van der Waals surface area contributed by atoms with Crippen LogP contribution in [-0.4, -0.2) is 43.0 Å². The van der Waals surface area contributed by atoms with Crippen LogP contribution in [0.15, 0.2) is 34.6 Å². The summed E-state index contributed by atoms with van der Waals surface area (Å²) >= 11 is 1.61. The fourth-order valence-corrected chi connectivity index (χ4v) is 3.40. The molecule has 2 aromatic rings. The Morgan fingerprint density at radius 1 is 1.28 bits per heavy atom. The van der Waals surface area contributed by atoms with Crippen molar-refractivity contribution >= 4 is 28.9 Å². The smallest absolute Gasteiger partial charge is 0.226 e. The Morgan fingerprint density at radius 2 is 1.97 bits per heavy atom. The molecule has 0 spiro atoms. The highest BCUT2D eigenvalue weighted by molar-refractivity contribution is 7.09. The van der Waals surface area contributed by atoms with Crippen molar-refractivity contribution in [1.82, 2.24) is 15.2 Å². The number of benzene rings is 1. The van der Waals surface area contributed by atoms with Crippen molar-refractivity contribution in [3.63, 3.8) is 0 Å². The van der Waals surface area contributed by atoms with E-state index >= 15 is 0 Å². The maximum Gasteiger partial charge on any atom is 0.226 e. The quantitative estimate of drug-likeness (QED) is 0.506. The zero-order valence-corrected chi connectivity index (χ0v) is 18.8. The van der Waals surface area contributed by atoms with E-state index in [1.54, 1.807) is 25.5 Å². The highest BCUT2D eigenvalue weighted by atomic mass is 32.1. The number of hydrogen-bond donors (Lipinski definition) is 2. The van der Waals surface area contributed by atoms with Gasteiger partial charge >= 0.3 is 0 Å². The van der Waals surface area contributed by atoms with E-state index in [1.165, 1.54) is 0 Å². The number of carbonyl (C=O) groups excluding carboxylic acids is 1. The molecule has 29 heavy (non-hydrogen) atoms. The van der Waals surface area contributed by atoms with Crippen LogP contribution in [0.2, 0.25) is 0 Å². The minimum Gasteiger partial charge on any atom is -0.375 e. The van der Waals surface area contributed by atoms with Gasteiger partial charge in [0.05, 0.1) is 12.2 Å². The van der Waals surface area contributed by atoms with Gasteiger partial charge in [0.2, 0.25) is 5.91 Å². The molecule has 0 saturated carbocycles. The molecule has 1 aromatic carbocycles. The molecule has 1 amide bonds. The Hall–Kier alpha value is -2.45. The van der Waals surface area contributed by atoms with E-state index in [4.69, 9.17) is 4.74 Å². The van der Waals surface area contributed by atoms with Crippen LogP contribution in [0.3, 0.4) is 0 Å².